The highest BCUT2D eigenvalue weighted by Gasteiger charge is 2.11. The molecular weight excluding hydrogens is 320 g/mol. The van der Waals surface area contributed by atoms with E-state index in [2.05, 4.69) is 21.2 Å². The van der Waals surface area contributed by atoms with Crippen molar-refractivity contribution in [1.29, 1.82) is 0 Å². The van der Waals surface area contributed by atoms with Gasteiger partial charge in [0, 0.05) is 11.6 Å². The summed E-state index contributed by atoms with van der Waals surface area (Å²) in [5, 5.41) is 11.7. The van der Waals surface area contributed by atoms with Crippen molar-refractivity contribution < 1.29 is 18.7 Å². The van der Waals surface area contributed by atoms with Crippen LogP contribution in [-0.2, 0) is 0 Å². The average Bonchev–Trinajstić information content (AvgIpc) is 2.37. The maximum atomic E-state index is 13.4. The molecule has 1 amide bonds. The van der Waals surface area contributed by atoms with E-state index in [1.54, 1.807) is 0 Å². The van der Waals surface area contributed by atoms with Gasteiger partial charge in [0.2, 0.25) is 0 Å². The molecule has 2 aromatic rings. The number of phenolic OH excluding ortho intramolecular Hbond substituents is 1. The van der Waals surface area contributed by atoms with Crippen LogP contribution in [0.1, 0.15) is 10.4 Å². The number of hydrogen-bond acceptors (Lipinski definition) is 2. The highest BCUT2D eigenvalue weighted by atomic mass is 79.9. The lowest BCUT2D eigenvalue weighted by Gasteiger charge is -2.07. The van der Waals surface area contributed by atoms with Crippen LogP contribution < -0.4 is 5.32 Å². The summed E-state index contributed by atoms with van der Waals surface area (Å²) in [6, 6.07) is 6.89. The minimum atomic E-state index is -0.740. The van der Waals surface area contributed by atoms with Gasteiger partial charge in [-0.2, -0.15) is 0 Å². The minimum absolute atomic E-state index is 0.118. The molecule has 0 spiro atoms. The Labute approximate surface area is 116 Å². The van der Waals surface area contributed by atoms with Gasteiger partial charge < -0.3 is 10.4 Å². The second-order valence-corrected chi connectivity index (χ2v) is 4.60. The van der Waals surface area contributed by atoms with E-state index in [0.29, 0.717) is 4.47 Å². The van der Waals surface area contributed by atoms with Crippen molar-refractivity contribution >= 4 is 27.5 Å². The fraction of sp³-hybridized carbons (Fsp3) is 0. The van der Waals surface area contributed by atoms with Crippen LogP contribution in [0.3, 0.4) is 0 Å². The molecule has 0 fully saturated rings. The van der Waals surface area contributed by atoms with E-state index in [1.807, 2.05) is 0 Å². The monoisotopic (exact) mass is 327 g/mol. The normalized spacial score (nSPS) is 10.3. The maximum absolute atomic E-state index is 13.4. The van der Waals surface area contributed by atoms with Crippen LogP contribution in [0, 0.1) is 11.6 Å². The van der Waals surface area contributed by atoms with E-state index in [0.717, 1.165) is 18.2 Å². The Bertz CT molecular complexity index is 647. The third-order valence-corrected chi connectivity index (χ3v) is 3.06. The van der Waals surface area contributed by atoms with E-state index in [-0.39, 0.29) is 17.0 Å². The van der Waals surface area contributed by atoms with Crippen molar-refractivity contribution in [3.63, 3.8) is 0 Å². The summed E-state index contributed by atoms with van der Waals surface area (Å²) in [5.74, 6) is -2.16. The number of carbonyl (C=O) groups is 1. The predicted molar refractivity (Wildman–Crippen MR) is 70.1 cm³/mol. The molecule has 0 radical (unpaired) electrons. The number of benzene rings is 2. The SMILES string of the molecule is O=C(Nc1cc(F)ccc1F)c1ccc(Br)c(O)c1. The number of rotatable bonds is 2. The molecule has 0 atom stereocenters. The summed E-state index contributed by atoms with van der Waals surface area (Å²) < 4.78 is 26.7. The molecule has 98 valence electrons. The Balaban J connectivity index is 2.25. The highest BCUT2D eigenvalue weighted by molar-refractivity contribution is 9.10. The fourth-order valence-electron chi connectivity index (χ4n) is 1.44. The zero-order chi connectivity index (χ0) is 14.0. The Morgan fingerprint density at radius 1 is 1.16 bits per heavy atom. The Morgan fingerprint density at radius 3 is 2.58 bits per heavy atom. The summed E-state index contributed by atoms with van der Waals surface area (Å²) in [6.07, 6.45) is 0. The number of aromatic hydroxyl groups is 1. The van der Waals surface area contributed by atoms with Gasteiger partial charge in [-0.25, -0.2) is 8.78 Å². The summed E-state index contributed by atoms with van der Waals surface area (Å²) >= 11 is 3.08. The first-order valence-electron chi connectivity index (χ1n) is 5.22. The number of amides is 1. The van der Waals surface area contributed by atoms with Gasteiger partial charge in [0.05, 0.1) is 10.2 Å². The van der Waals surface area contributed by atoms with Gasteiger partial charge in [0.25, 0.3) is 5.91 Å². The zero-order valence-corrected chi connectivity index (χ0v) is 11.0. The van der Waals surface area contributed by atoms with E-state index in [9.17, 15) is 18.7 Å². The lowest BCUT2D eigenvalue weighted by atomic mass is 10.2. The van der Waals surface area contributed by atoms with Crippen LogP contribution in [0.5, 0.6) is 5.75 Å². The van der Waals surface area contributed by atoms with Crippen LogP contribution in [0.2, 0.25) is 0 Å². The Kier molecular flexibility index (Phi) is 3.80. The molecule has 2 N–H and O–H groups in total. The molecule has 2 rings (SSSR count). The topological polar surface area (TPSA) is 49.3 Å². The lowest BCUT2D eigenvalue weighted by molar-refractivity contribution is 0.102. The van der Waals surface area contributed by atoms with Crippen molar-refractivity contribution in [2.45, 2.75) is 0 Å². The molecule has 0 aromatic heterocycles. The third-order valence-electron chi connectivity index (χ3n) is 2.38. The van der Waals surface area contributed by atoms with Gasteiger partial charge in [0.15, 0.2) is 0 Å². The van der Waals surface area contributed by atoms with Crippen molar-refractivity contribution in [2.24, 2.45) is 0 Å². The summed E-state index contributed by atoms with van der Waals surface area (Å²) in [5.41, 5.74) is -0.128. The molecule has 0 saturated carbocycles. The summed E-state index contributed by atoms with van der Waals surface area (Å²) in [7, 11) is 0. The first-order chi connectivity index (χ1) is 8.97. The molecule has 0 aliphatic heterocycles. The lowest BCUT2D eigenvalue weighted by Crippen LogP contribution is -2.13. The van der Waals surface area contributed by atoms with E-state index >= 15 is 0 Å². The van der Waals surface area contributed by atoms with Crippen molar-refractivity contribution in [3.05, 3.63) is 58.1 Å². The molecule has 0 unspecified atom stereocenters. The first-order valence-corrected chi connectivity index (χ1v) is 6.01. The number of halogens is 3. The number of hydrogen-bond donors (Lipinski definition) is 2. The predicted octanol–water partition coefficient (Wildman–Crippen LogP) is 3.69. The van der Waals surface area contributed by atoms with Crippen molar-refractivity contribution in [2.75, 3.05) is 5.32 Å². The van der Waals surface area contributed by atoms with Gasteiger partial charge in [-0.05, 0) is 46.3 Å². The van der Waals surface area contributed by atoms with Crippen LogP contribution in [0.4, 0.5) is 14.5 Å². The van der Waals surface area contributed by atoms with E-state index < -0.39 is 17.5 Å². The summed E-state index contributed by atoms with van der Waals surface area (Å²) in [4.78, 5) is 11.8. The number of anilines is 1. The smallest absolute Gasteiger partial charge is 0.255 e. The molecule has 0 aliphatic carbocycles. The molecule has 0 bridgehead atoms. The van der Waals surface area contributed by atoms with Crippen LogP contribution in [0.25, 0.3) is 0 Å². The molecule has 0 aliphatic rings. The molecular formula is C13H8BrF2NO2. The molecule has 6 heteroatoms. The van der Waals surface area contributed by atoms with Gasteiger partial charge in [0.1, 0.15) is 17.4 Å². The van der Waals surface area contributed by atoms with Crippen LogP contribution in [-0.4, -0.2) is 11.0 Å². The minimum Gasteiger partial charge on any atom is -0.507 e. The maximum Gasteiger partial charge on any atom is 0.255 e. The van der Waals surface area contributed by atoms with Gasteiger partial charge in [-0.3, -0.25) is 4.79 Å². The molecule has 0 heterocycles. The molecule has 2 aromatic carbocycles. The summed E-state index contributed by atoms with van der Waals surface area (Å²) in [6.45, 7) is 0. The fourth-order valence-corrected chi connectivity index (χ4v) is 1.69. The van der Waals surface area contributed by atoms with Crippen LogP contribution in [0.15, 0.2) is 40.9 Å². The largest absolute Gasteiger partial charge is 0.507 e. The quantitative estimate of drug-likeness (QED) is 0.883. The molecule has 0 saturated heterocycles. The first kappa shape index (κ1) is 13.5. The highest BCUT2D eigenvalue weighted by Crippen LogP contribution is 2.25. The third kappa shape index (κ3) is 3.08. The van der Waals surface area contributed by atoms with Gasteiger partial charge in [-0.1, -0.05) is 0 Å². The zero-order valence-electron chi connectivity index (χ0n) is 9.45. The number of phenols is 1. The van der Waals surface area contributed by atoms with E-state index in [1.165, 1.54) is 18.2 Å². The second kappa shape index (κ2) is 5.36. The number of nitrogens with one attached hydrogen (secondary N) is 1. The molecule has 19 heavy (non-hydrogen) atoms. The van der Waals surface area contributed by atoms with Crippen molar-refractivity contribution in [1.82, 2.24) is 0 Å². The van der Waals surface area contributed by atoms with Gasteiger partial charge >= 0.3 is 0 Å². The second-order valence-electron chi connectivity index (χ2n) is 3.74. The van der Waals surface area contributed by atoms with Gasteiger partial charge in [-0.15, -0.1) is 0 Å². The average molecular weight is 328 g/mol. The standard InChI is InChI=1S/C13H8BrF2NO2/c14-9-3-1-7(5-12(9)18)13(19)17-11-6-8(15)2-4-10(11)16/h1-6,18H,(H,17,19). The van der Waals surface area contributed by atoms with E-state index in [4.69, 9.17) is 0 Å². The van der Waals surface area contributed by atoms with Crippen molar-refractivity contribution in [3.8, 4) is 5.75 Å². The molecule has 3 nitrogen and oxygen atoms in total. The Morgan fingerprint density at radius 2 is 1.89 bits per heavy atom. The Hall–Kier alpha value is -1.95. The van der Waals surface area contributed by atoms with Crippen LogP contribution >= 0.6 is 15.9 Å². The number of carbonyl (C=O) groups excluding carboxylic acids is 1.